The number of hydrogen-bond donors (Lipinski definition) is 2. The Morgan fingerprint density at radius 1 is 0.545 bits per heavy atom. The van der Waals surface area contributed by atoms with Gasteiger partial charge in [0.15, 0.2) is 0 Å². The first kappa shape index (κ1) is 12.7. The molecule has 0 aliphatic heterocycles. The van der Waals surface area contributed by atoms with Crippen molar-refractivity contribution in [1.29, 1.82) is 0 Å². The number of fused-ring (bicyclic) bond motifs is 2. The zero-order chi connectivity index (χ0) is 15.1. The summed E-state index contributed by atoms with van der Waals surface area (Å²) in [5.41, 5.74) is 1.90. The number of hydrogen-bond acceptors (Lipinski definition) is 2. The summed E-state index contributed by atoms with van der Waals surface area (Å²) in [6.45, 7) is 0. The summed E-state index contributed by atoms with van der Waals surface area (Å²) >= 11 is 0. The summed E-state index contributed by atoms with van der Waals surface area (Å²) in [5, 5.41) is 22.8. The Labute approximate surface area is 127 Å². The first-order valence-corrected chi connectivity index (χ1v) is 6.99. The van der Waals surface area contributed by atoms with E-state index >= 15 is 0 Å². The van der Waals surface area contributed by atoms with Crippen molar-refractivity contribution >= 4 is 21.5 Å². The van der Waals surface area contributed by atoms with Crippen LogP contribution in [0.15, 0.2) is 60.7 Å². The molecule has 22 heavy (non-hydrogen) atoms. The van der Waals surface area contributed by atoms with Crippen LogP contribution in [0.5, 0.6) is 11.5 Å². The standard InChI is InChI=1S/C20H12O2/c21-19-7-5-15-9-13(1-3-17(15)11-19)14-2-4-18-12-20(22)8-6-16(18)10-14/h1-8,11-12,21-22H. The fraction of sp³-hybridized carbons (Fsp3) is 0. The first-order chi connectivity index (χ1) is 10.7. The summed E-state index contributed by atoms with van der Waals surface area (Å²) < 4.78 is 0. The molecule has 0 unspecified atom stereocenters. The summed E-state index contributed by atoms with van der Waals surface area (Å²) in [6.07, 6.45) is 0. The topological polar surface area (TPSA) is 40.5 Å². The average Bonchev–Trinajstić information content (AvgIpc) is 2.54. The van der Waals surface area contributed by atoms with E-state index in [1.54, 1.807) is 24.3 Å². The molecule has 0 saturated heterocycles. The lowest BCUT2D eigenvalue weighted by Crippen LogP contribution is -1.82. The summed E-state index contributed by atoms with van der Waals surface area (Å²) in [5.74, 6) is 0.511. The molecule has 0 spiro atoms. The van der Waals surface area contributed by atoms with E-state index in [0.29, 0.717) is 0 Å². The predicted octanol–water partition coefficient (Wildman–Crippen LogP) is 4.67. The fourth-order valence-corrected chi connectivity index (χ4v) is 2.64. The van der Waals surface area contributed by atoms with Crippen LogP contribution in [0.2, 0.25) is 0 Å². The number of benzene rings is 4. The predicted molar refractivity (Wildman–Crippen MR) is 87.9 cm³/mol. The second-order valence-corrected chi connectivity index (χ2v) is 5.29. The molecule has 0 amide bonds. The van der Waals surface area contributed by atoms with Gasteiger partial charge in [-0.3, -0.25) is 0 Å². The third kappa shape index (κ3) is 2.15. The fourth-order valence-electron chi connectivity index (χ4n) is 2.64. The van der Waals surface area contributed by atoms with Crippen molar-refractivity contribution < 1.29 is 10.2 Å². The molecule has 0 atom stereocenters. The van der Waals surface area contributed by atoms with Crippen molar-refractivity contribution in [2.75, 3.05) is 0 Å². The zero-order valence-electron chi connectivity index (χ0n) is 11.7. The van der Waals surface area contributed by atoms with Crippen LogP contribution < -0.4 is 0 Å². The minimum Gasteiger partial charge on any atom is -0.508 e. The molecule has 0 aliphatic rings. The van der Waals surface area contributed by atoms with Crippen LogP contribution in [0.25, 0.3) is 32.7 Å². The smallest absolute Gasteiger partial charge is 0.116 e. The molecule has 0 bridgehead atoms. The molecular weight excluding hydrogens is 272 g/mol. The molecule has 0 fully saturated rings. The molecule has 104 valence electrons. The maximum Gasteiger partial charge on any atom is 0.116 e. The molecule has 4 aromatic rings. The van der Waals surface area contributed by atoms with E-state index < -0.39 is 0 Å². The van der Waals surface area contributed by atoms with Crippen LogP contribution >= 0.6 is 0 Å². The molecule has 2 nitrogen and oxygen atoms in total. The van der Waals surface area contributed by atoms with E-state index in [2.05, 4.69) is 12.1 Å². The Balaban J connectivity index is 1.87. The molecule has 2 radical (unpaired) electrons. The monoisotopic (exact) mass is 284 g/mol. The maximum absolute atomic E-state index is 9.52. The number of aromatic hydroxyl groups is 2. The van der Waals surface area contributed by atoms with Crippen LogP contribution in [0.4, 0.5) is 0 Å². The third-order valence-corrected chi connectivity index (χ3v) is 3.76. The van der Waals surface area contributed by atoms with Crippen LogP contribution in [-0.2, 0) is 0 Å². The Bertz CT molecular complexity index is 920. The second-order valence-electron chi connectivity index (χ2n) is 5.29. The van der Waals surface area contributed by atoms with Crippen LogP contribution in [0.3, 0.4) is 0 Å². The van der Waals surface area contributed by atoms with E-state index in [-0.39, 0.29) is 11.5 Å². The normalized spacial score (nSPS) is 11.1. The van der Waals surface area contributed by atoms with Gasteiger partial charge in [-0.2, -0.15) is 0 Å². The van der Waals surface area contributed by atoms with Crippen molar-refractivity contribution in [3.8, 4) is 22.6 Å². The lowest BCUT2D eigenvalue weighted by atomic mass is 9.98. The van der Waals surface area contributed by atoms with Crippen molar-refractivity contribution in [3.05, 3.63) is 72.8 Å². The molecule has 2 heteroatoms. The summed E-state index contributed by atoms with van der Waals surface area (Å²) in [7, 11) is 0. The second kappa shape index (κ2) is 4.78. The molecule has 2 N–H and O–H groups in total. The Kier molecular flexibility index (Phi) is 2.76. The molecular formula is C20H12O2. The Morgan fingerprint density at radius 3 is 1.45 bits per heavy atom. The van der Waals surface area contributed by atoms with Gasteiger partial charge < -0.3 is 10.2 Å². The van der Waals surface area contributed by atoms with Gasteiger partial charge in [0, 0.05) is 0 Å². The molecule has 0 heterocycles. The average molecular weight is 284 g/mol. The molecule has 0 saturated carbocycles. The SMILES string of the molecule is Oc1ccc2[c]c(-c3[c]c4ccc(O)cc4cc3)ccc2c1. The largest absolute Gasteiger partial charge is 0.508 e. The number of rotatable bonds is 1. The third-order valence-electron chi connectivity index (χ3n) is 3.76. The molecule has 0 aromatic heterocycles. The van der Waals surface area contributed by atoms with Crippen molar-refractivity contribution in [3.63, 3.8) is 0 Å². The minimum absolute atomic E-state index is 0.255. The van der Waals surface area contributed by atoms with Gasteiger partial charge in [-0.15, -0.1) is 0 Å². The van der Waals surface area contributed by atoms with Gasteiger partial charge in [0.25, 0.3) is 0 Å². The Hall–Kier alpha value is -3.00. The van der Waals surface area contributed by atoms with Gasteiger partial charge in [0.1, 0.15) is 11.5 Å². The highest BCUT2D eigenvalue weighted by molar-refractivity contribution is 5.91. The molecule has 0 aliphatic carbocycles. The highest BCUT2D eigenvalue weighted by Gasteiger charge is 2.04. The first-order valence-electron chi connectivity index (χ1n) is 6.99. The van der Waals surface area contributed by atoms with Crippen molar-refractivity contribution in [2.45, 2.75) is 0 Å². The lowest BCUT2D eigenvalue weighted by Gasteiger charge is -2.06. The van der Waals surface area contributed by atoms with Gasteiger partial charge in [-0.05, 0) is 69.1 Å². The van der Waals surface area contributed by atoms with Crippen molar-refractivity contribution in [1.82, 2.24) is 0 Å². The lowest BCUT2D eigenvalue weighted by molar-refractivity contribution is 0.475. The van der Waals surface area contributed by atoms with Crippen LogP contribution in [0, 0.1) is 12.1 Å². The van der Waals surface area contributed by atoms with Gasteiger partial charge in [-0.25, -0.2) is 0 Å². The maximum atomic E-state index is 9.52. The zero-order valence-corrected chi connectivity index (χ0v) is 11.7. The molecule has 4 rings (SSSR count). The summed E-state index contributed by atoms with van der Waals surface area (Å²) in [6, 6.07) is 25.1. The quantitative estimate of drug-likeness (QED) is 0.533. The van der Waals surface area contributed by atoms with Crippen molar-refractivity contribution in [2.24, 2.45) is 0 Å². The minimum atomic E-state index is 0.255. The van der Waals surface area contributed by atoms with Gasteiger partial charge in [-0.1, -0.05) is 36.4 Å². The van der Waals surface area contributed by atoms with Gasteiger partial charge >= 0.3 is 0 Å². The highest BCUT2D eigenvalue weighted by Crippen LogP contribution is 2.29. The van der Waals surface area contributed by atoms with Gasteiger partial charge in [0.05, 0.1) is 0 Å². The van der Waals surface area contributed by atoms with E-state index in [1.807, 2.05) is 36.4 Å². The molecule has 4 aromatic carbocycles. The highest BCUT2D eigenvalue weighted by atomic mass is 16.3. The van der Waals surface area contributed by atoms with Gasteiger partial charge in [0.2, 0.25) is 0 Å². The van der Waals surface area contributed by atoms with Crippen LogP contribution in [-0.4, -0.2) is 10.2 Å². The number of phenolic OH excluding ortho intramolecular Hbond substituents is 2. The summed E-state index contributed by atoms with van der Waals surface area (Å²) in [4.78, 5) is 0. The van der Waals surface area contributed by atoms with E-state index in [1.165, 1.54) is 0 Å². The van der Waals surface area contributed by atoms with Crippen LogP contribution in [0.1, 0.15) is 0 Å². The van der Waals surface area contributed by atoms with E-state index in [4.69, 9.17) is 0 Å². The van der Waals surface area contributed by atoms with E-state index in [0.717, 1.165) is 32.7 Å². The number of phenols is 2. The van der Waals surface area contributed by atoms with E-state index in [9.17, 15) is 10.2 Å². The Morgan fingerprint density at radius 2 is 1.00 bits per heavy atom.